The van der Waals surface area contributed by atoms with E-state index >= 15 is 0 Å². The van der Waals surface area contributed by atoms with Crippen LogP contribution in [0.5, 0.6) is 0 Å². The highest BCUT2D eigenvalue weighted by atomic mass is 35.5. The molecule has 31 heavy (non-hydrogen) atoms. The molecule has 2 heterocycles. The summed E-state index contributed by atoms with van der Waals surface area (Å²) in [5, 5.41) is 11.5. The van der Waals surface area contributed by atoms with Crippen molar-refractivity contribution in [2.24, 2.45) is 0 Å². The van der Waals surface area contributed by atoms with Crippen LogP contribution in [0.2, 0.25) is 5.02 Å². The van der Waals surface area contributed by atoms with Gasteiger partial charge in [-0.3, -0.25) is 9.69 Å². The van der Waals surface area contributed by atoms with Gasteiger partial charge in [0.15, 0.2) is 5.13 Å². The summed E-state index contributed by atoms with van der Waals surface area (Å²) >= 11 is 8.61. The van der Waals surface area contributed by atoms with Crippen LogP contribution in [0.1, 0.15) is 0 Å². The van der Waals surface area contributed by atoms with E-state index < -0.39 is 0 Å². The van der Waals surface area contributed by atoms with Crippen molar-refractivity contribution in [1.82, 2.24) is 15.2 Å². The van der Waals surface area contributed by atoms with Gasteiger partial charge >= 0.3 is 0 Å². The molecule has 0 N–H and O–H groups in total. The van der Waals surface area contributed by atoms with Gasteiger partial charge in [-0.05, 0) is 18.2 Å². The number of amides is 1. The van der Waals surface area contributed by atoms with Gasteiger partial charge in [0.2, 0.25) is 11.8 Å². The minimum atomic E-state index is -0.124. The maximum absolute atomic E-state index is 12.9. The molecule has 0 fully saturated rings. The van der Waals surface area contributed by atoms with Gasteiger partial charge in [-0.15, -0.1) is 28.1 Å². The van der Waals surface area contributed by atoms with Crippen molar-refractivity contribution in [3.8, 4) is 22.7 Å². The number of rotatable bonds is 8. The zero-order chi connectivity index (χ0) is 21.6. The van der Waals surface area contributed by atoms with E-state index in [-0.39, 0.29) is 11.7 Å². The quantitative estimate of drug-likeness (QED) is 0.239. The molecule has 0 unspecified atom stereocenters. The zero-order valence-corrected chi connectivity index (χ0v) is 18.7. The number of hydrogen-bond donors (Lipinski definition) is 0. The Hall–Kier alpha value is -2.94. The zero-order valence-electron chi connectivity index (χ0n) is 16.3. The number of thiazole rings is 1. The Morgan fingerprint density at radius 2 is 1.97 bits per heavy atom. The van der Waals surface area contributed by atoms with E-state index in [1.165, 1.54) is 23.1 Å². The third-order valence-corrected chi connectivity index (χ3v) is 6.10. The smallest absolute Gasteiger partial charge is 0.277 e. The van der Waals surface area contributed by atoms with Gasteiger partial charge in [-0.1, -0.05) is 65.8 Å². The molecule has 0 radical (unpaired) electrons. The van der Waals surface area contributed by atoms with E-state index in [9.17, 15) is 4.79 Å². The average Bonchev–Trinajstić information content (AvgIpc) is 3.46. The van der Waals surface area contributed by atoms with E-state index in [1.807, 2.05) is 47.8 Å². The Kier molecular flexibility index (Phi) is 6.81. The summed E-state index contributed by atoms with van der Waals surface area (Å²) in [7, 11) is 0. The van der Waals surface area contributed by atoms with Gasteiger partial charge in [-0.25, -0.2) is 4.98 Å². The maximum Gasteiger partial charge on any atom is 0.277 e. The summed E-state index contributed by atoms with van der Waals surface area (Å²) in [4.78, 5) is 19.1. The molecule has 0 aliphatic carbocycles. The molecule has 0 saturated heterocycles. The summed E-state index contributed by atoms with van der Waals surface area (Å²) in [5.41, 5.74) is 2.56. The number of benzene rings is 2. The number of hydrogen-bond acceptors (Lipinski definition) is 7. The van der Waals surface area contributed by atoms with Gasteiger partial charge in [0.05, 0.1) is 11.4 Å². The van der Waals surface area contributed by atoms with Crippen LogP contribution in [-0.4, -0.2) is 33.4 Å². The summed E-state index contributed by atoms with van der Waals surface area (Å²) in [6, 6.07) is 17.0. The molecule has 0 aliphatic heterocycles. The topological polar surface area (TPSA) is 72.1 Å². The molecular weight excluding hydrogens is 452 g/mol. The predicted octanol–water partition coefficient (Wildman–Crippen LogP) is 5.82. The maximum atomic E-state index is 12.9. The third-order valence-electron chi connectivity index (χ3n) is 4.20. The minimum Gasteiger partial charge on any atom is -0.411 e. The first-order valence-corrected chi connectivity index (χ1v) is 11.5. The first-order valence-electron chi connectivity index (χ1n) is 9.28. The van der Waals surface area contributed by atoms with Crippen molar-refractivity contribution in [1.29, 1.82) is 0 Å². The number of carbonyl (C=O) groups is 1. The lowest BCUT2D eigenvalue weighted by Crippen LogP contribution is -2.32. The number of carbonyl (C=O) groups excluding carboxylic acids is 1. The predicted molar refractivity (Wildman–Crippen MR) is 126 cm³/mol. The van der Waals surface area contributed by atoms with Gasteiger partial charge in [0.25, 0.3) is 5.22 Å². The number of aromatic nitrogens is 3. The van der Waals surface area contributed by atoms with Crippen molar-refractivity contribution in [2.45, 2.75) is 5.22 Å². The number of thioether (sulfide) groups is 1. The normalized spacial score (nSPS) is 10.7. The Morgan fingerprint density at radius 3 is 2.74 bits per heavy atom. The highest BCUT2D eigenvalue weighted by Crippen LogP contribution is 2.29. The van der Waals surface area contributed by atoms with Crippen LogP contribution in [0, 0.1) is 0 Å². The van der Waals surface area contributed by atoms with E-state index in [0.29, 0.717) is 27.8 Å². The molecule has 0 bridgehead atoms. The minimum absolute atomic E-state index is 0.124. The van der Waals surface area contributed by atoms with Gasteiger partial charge in [0.1, 0.15) is 0 Å². The summed E-state index contributed by atoms with van der Waals surface area (Å²) in [6.45, 7) is 4.12. The van der Waals surface area contributed by atoms with Crippen LogP contribution in [-0.2, 0) is 4.79 Å². The molecule has 2 aromatic carbocycles. The van der Waals surface area contributed by atoms with Gasteiger partial charge in [0, 0.05) is 28.1 Å². The van der Waals surface area contributed by atoms with E-state index in [1.54, 1.807) is 23.1 Å². The molecule has 9 heteroatoms. The van der Waals surface area contributed by atoms with E-state index in [0.717, 1.165) is 16.8 Å². The van der Waals surface area contributed by atoms with Crippen LogP contribution in [0.3, 0.4) is 0 Å². The van der Waals surface area contributed by atoms with Crippen LogP contribution >= 0.6 is 34.7 Å². The van der Waals surface area contributed by atoms with Crippen LogP contribution < -0.4 is 4.90 Å². The first kappa shape index (κ1) is 21.3. The van der Waals surface area contributed by atoms with Crippen LogP contribution in [0.25, 0.3) is 22.7 Å². The molecule has 156 valence electrons. The summed E-state index contributed by atoms with van der Waals surface area (Å²) < 4.78 is 5.66. The van der Waals surface area contributed by atoms with Crippen molar-refractivity contribution >= 4 is 45.7 Å². The second kappa shape index (κ2) is 9.91. The lowest BCUT2D eigenvalue weighted by molar-refractivity contribution is -0.116. The molecule has 1 amide bonds. The fraction of sp³-hybridized carbons (Fsp3) is 0.0909. The summed E-state index contributed by atoms with van der Waals surface area (Å²) in [6.07, 6.45) is 1.68. The summed E-state index contributed by atoms with van der Waals surface area (Å²) in [5.74, 6) is 0.361. The molecule has 2 aromatic heterocycles. The molecule has 4 rings (SSSR count). The van der Waals surface area contributed by atoms with Gasteiger partial charge < -0.3 is 4.42 Å². The number of halogens is 1. The first-order chi connectivity index (χ1) is 15.1. The second-order valence-corrected chi connectivity index (χ2v) is 8.55. The molecule has 0 spiro atoms. The Bertz CT molecular complexity index is 1190. The highest BCUT2D eigenvalue weighted by molar-refractivity contribution is 7.99. The van der Waals surface area contributed by atoms with Crippen molar-refractivity contribution in [3.05, 3.63) is 77.7 Å². The fourth-order valence-electron chi connectivity index (χ4n) is 2.75. The largest absolute Gasteiger partial charge is 0.411 e. The monoisotopic (exact) mass is 468 g/mol. The standard InChI is InChI=1S/C22H17ClN4O2S2/c1-2-11-27(21-24-18(13-30-21)15-7-4-3-5-8-15)19(28)14-31-22-26-25-20(29-22)16-9-6-10-17(23)12-16/h2-10,12-13H,1,11,14H2. The lowest BCUT2D eigenvalue weighted by atomic mass is 10.2. The molecular formula is C22H17ClN4O2S2. The highest BCUT2D eigenvalue weighted by Gasteiger charge is 2.20. The van der Waals surface area contributed by atoms with Gasteiger partial charge in [-0.2, -0.15) is 0 Å². The Labute approximate surface area is 192 Å². The molecule has 0 saturated carbocycles. The van der Waals surface area contributed by atoms with Crippen LogP contribution in [0.4, 0.5) is 5.13 Å². The van der Waals surface area contributed by atoms with E-state index in [2.05, 4.69) is 21.8 Å². The molecule has 6 nitrogen and oxygen atoms in total. The lowest BCUT2D eigenvalue weighted by Gasteiger charge is -2.17. The molecule has 4 aromatic rings. The van der Waals surface area contributed by atoms with Crippen molar-refractivity contribution < 1.29 is 9.21 Å². The second-order valence-electron chi connectivity index (χ2n) is 6.35. The van der Waals surface area contributed by atoms with Crippen LogP contribution in [0.15, 0.2) is 82.3 Å². The van der Waals surface area contributed by atoms with Crippen molar-refractivity contribution in [3.63, 3.8) is 0 Å². The van der Waals surface area contributed by atoms with Crippen molar-refractivity contribution in [2.75, 3.05) is 17.2 Å². The third kappa shape index (κ3) is 5.22. The fourth-order valence-corrected chi connectivity index (χ4v) is 4.44. The molecule has 0 aliphatic rings. The van der Waals surface area contributed by atoms with E-state index in [4.69, 9.17) is 16.0 Å². The average molecular weight is 469 g/mol. The Morgan fingerprint density at radius 1 is 1.16 bits per heavy atom. The SMILES string of the molecule is C=CCN(C(=O)CSc1nnc(-c2cccc(Cl)c2)o1)c1nc(-c2ccccc2)cs1. The number of nitrogens with zero attached hydrogens (tertiary/aromatic N) is 4. The molecule has 0 atom stereocenters. The number of anilines is 1. The Balaban J connectivity index is 1.44.